The van der Waals surface area contributed by atoms with Crippen molar-refractivity contribution in [2.24, 2.45) is 0 Å². The smallest absolute Gasteiger partial charge is 0.266 e. The normalized spacial score (nSPS) is 11.0. The molecule has 31 heavy (non-hydrogen) atoms. The lowest BCUT2D eigenvalue weighted by Gasteiger charge is -2.15. The number of aromatic nitrogens is 2. The second kappa shape index (κ2) is 9.68. The van der Waals surface area contributed by atoms with Crippen molar-refractivity contribution in [3.63, 3.8) is 0 Å². The minimum absolute atomic E-state index is 0.0988. The van der Waals surface area contributed by atoms with Crippen molar-refractivity contribution in [3.8, 4) is 5.69 Å². The van der Waals surface area contributed by atoms with Gasteiger partial charge in [0.2, 0.25) is 5.91 Å². The summed E-state index contributed by atoms with van der Waals surface area (Å²) in [5.41, 5.74) is 2.03. The summed E-state index contributed by atoms with van der Waals surface area (Å²) < 4.78 is 1.58. The van der Waals surface area contributed by atoms with E-state index < -0.39 is 0 Å². The van der Waals surface area contributed by atoms with Crippen molar-refractivity contribution in [3.05, 3.63) is 85.8 Å². The zero-order valence-corrected chi connectivity index (χ0v) is 19.2. The standard InChI is InChI=1S/C23H20ClN3O2S2/c1-15-5-2-3-7-20(15)27-22(29)18-9-8-16(24)13-19(18)26-23(27)31-14-21(28)25-11-10-17-6-4-12-30-17/h2-9,12-13H,10-11,14H2,1H3,(H,25,28). The van der Waals surface area contributed by atoms with E-state index in [-0.39, 0.29) is 17.2 Å². The van der Waals surface area contributed by atoms with Gasteiger partial charge in [-0.3, -0.25) is 14.2 Å². The van der Waals surface area contributed by atoms with E-state index in [1.165, 1.54) is 16.6 Å². The average Bonchev–Trinajstić information content (AvgIpc) is 3.26. The van der Waals surface area contributed by atoms with Crippen LogP contribution in [0.5, 0.6) is 0 Å². The lowest BCUT2D eigenvalue weighted by molar-refractivity contribution is -0.118. The monoisotopic (exact) mass is 469 g/mol. The van der Waals surface area contributed by atoms with E-state index in [2.05, 4.69) is 16.4 Å². The van der Waals surface area contributed by atoms with E-state index in [1.807, 2.05) is 42.6 Å². The number of hydrogen-bond donors (Lipinski definition) is 1. The predicted molar refractivity (Wildman–Crippen MR) is 129 cm³/mol. The molecule has 0 saturated carbocycles. The summed E-state index contributed by atoms with van der Waals surface area (Å²) in [6.07, 6.45) is 0.800. The van der Waals surface area contributed by atoms with Crippen molar-refractivity contribution < 1.29 is 4.79 Å². The van der Waals surface area contributed by atoms with Crippen molar-refractivity contribution in [2.45, 2.75) is 18.5 Å². The van der Waals surface area contributed by atoms with Gasteiger partial charge in [0, 0.05) is 16.4 Å². The molecule has 2 heterocycles. The number of carbonyl (C=O) groups is 1. The molecule has 2 aromatic carbocycles. The van der Waals surface area contributed by atoms with E-state index in [0.29, 0.717) is 27.6 Å². The molecule has 0 bridgehead atoms. The molecule has 0 spiro atoms. The molecule has 0 aliphatic carbocycles. The van der Waals surface area contributed by atoms with Crippen LogP contribution >= 0.6 is 34.7 Å². The van der Waals surface area contributed by atoms with Crippen molar-refractivity contribution >= 4 is 51.5 Å². The van der Waals surface area contributed by atoms with Gasteiger partial charge in [-0.15, -0.1) is 11.3 Å². The van der Waals surface area contributed by atoms with E-state index in [4.69, 9.17) is 11.6 Å². The van der Waals surface area contributed by atoms with Crippen LogP contribution in [-0.2, 0) is 11.2 Å². The van der Waals surface area contributed by atoms with Gasteiger partial charge in [-0.1, -0.05) is 47.6 Å². The van der Waals surface area contributed by atoms with Crippen LogP contribution in [0.15, 0.2) is 69.9 Å². The molecule has 0 atom stereocenters. The summed E-state index contributed by atoms with van der Waals surface area (Å²) >= 11 is 9.03. The largest absolute Gasteiger partial charge is 0.355 e. The third kappa shape index (κ3) is 5.01. The molecule has 0 fully saturated rings. The molecule has 0 radical (unpaired) electrons. The number of halogens is 1. The summed E-state index contributed by atoms with van der Waals surface area (Å²) in [7, 11) is 0. The molecule has 2 aromatic heterocycles. The predicted octanol–water partition coefficient (Wildman–Crippen LogP) is 4.86. The Morgan fingerprint density at radius 3 is 2.81 bits per heavy atom. The molecule has 1 N–H and O–H groups in total. The van der Waals surface area contributed by atoms with Crippen LogP contribution in [0.1, 0.15) is 10.4 Å². The van der Waals surface area contributed by atoms with Crippen LogP contribution < -0.4 is 10.9 Å². The summed E-state index contributed by atoms with van der Waals surface area (Å²) in [6.45, 7) is 2.52. The molecular formula is C23H20ClN3O2S2. The lowest BCUT2D eigenvalue weighted by Crippen LogP contribution is -2.28. The molecule has 0 aliphatic heterocycles. The van der Waals surface area contributed by atoms with Gasteiger partial charge in [-0.25, -0.2) is 4.98 Å². The van der Waals surface area contributed by atoms with Gasteiger partial charge in [0.15, 0.2) is 5.16 Å². The number of thioether (sulfide) groups is 1. The van der Waals surface area contributed by atoms with Crippen LogP contribution in [-0.4, -0.2) is 27.8 Å². The second-order valence-corrected chi connectivity index (χ2v) is 9.36. The van der Waals surface area contributed by atoms with E-state index in [0.717, 1.165) is 17.7 Å². The molecule has 4 rings (SSSR count). The summed E-state index contributed by atoms with van der Waals surface area (Å²) in [5.74, 6) is 0.0628. The first kappa shape index (κ1) is 21.6. The summed E-state index contributed by atoms with van der Waals surface area (Å²) in [6, 6.07) is 16.7. The number of nitrogens with zero attached hydrogens (tertiary/aromatic N) is 2. The van der Waals surface area contributed by atoms with Gasteiger partial charge in [0.05, 0.1) is 22.3 Å². The number of benzene rings is 2. The minimum Gasteiger partial charge on any atom is -0.355 e. The van der Waals surface area contributed by atoms with Gasteiger partial charge in [-0.2, -0.15) is 0 Å². The van der Waals surface area contributed by atoms with Crippen LogP contribution in [0.25, 0.3) is 16.6 Å². The Morgan fingerprint density at radius 1 is 1.19 bits per heavy atom. The average molecular weight is 470 g/mol. The number of thiophene rings is 1. The zero-order chi connectivity index (χ0) is 21.8. The highest BCUT2D eigenvalue weighted by Gasteiger charge is 2.16. The first-order valence-corrected chi connectivity index (χ1v) is 12.0. The van der Waals surface area contributed by atoms with E-state index in [1.54, 1.807) is 34.1 Å². The molecule has 158 valence electrons. The first-order chi connectivity index (χ1) is 15.0. The van der Waals surface area contributed by atoms with Crippen LogP contribution in [0.2, 0.25) is 5.02 Å². The van der Waals surface area contributed by atoms with Gasteiger partial charge < -0.3 is 5.32 Å². The Morgan fingerprint density at radius 2 is 2.03 bits per heavy atom. The Labute approximate surface area is 193 Å². The highest BCUT2D eigenvalue weighted by Crippen LogP contribution is 2.24. The summed E-state index contributed by atoms with van der Waals surface area (Å²) in [5, 5.41) is 6.41. The van der Waals surface area contributed by atoms with Gasteiger partial charge >= 0.3 is 0 Å². The SMILES string of the molecule is Cc1ccccc1-n1c(SCC(=O)NCCc2cccs2)nc2cc(Cl)ccc2c1=O. The third-order valence-corrected chi connectivity index (χ3v) is 6.87. The zero-order valence-electron chi connectivity index (χ0n) is 16.8. The maximum atomic E-state index is 13.3. The minimum atomic E-state index is -0.184. The fourth-order valence-corrected chi connectivity index (χ4v) is 4.93. The molecule has 0 saturated heterocycles. The van der Waals surface area contributed by atoms with Crippen molar-refractivity contribution in [2.75, 3.05) is 12.3 Å². The highest BCUT2D eigenvalue weighted by molar-refractivity contribution is 7.99. The van der Waals surface area contributed by atoms with Gasteiger partial charge in [0.25, 0.3) is 5.56 Å². The van der Waals surface area contributed by atoms with Crippen molar-refractivity contribution in [1.82, 2.24) is 14.9 Å². The van der Waals surface area contributed by atoms with Crippen LogP contribution in [0.3, 0.4) is 0 Å². The quantitative estimate of drug-likeness (QED) is 0.310. The number of nitrogens with one attached hydrogen (secondary N) is 1. The topological polar surface area (TPSA) is 64.0 Å². The number of carbonyl (C=O) groups excluding carboxylic acids is 1. The number of amides is 1. The maximum absolute atomic E-state index is 13.3. The lowest BCUT2D eigenvalue weighted by atomic mass is 10.2. The number of fused-ring (bicyclic) bond motifs is 1. The first-order valence-electron chi connectivity index (χ1n) is 9.73. The summed E-state index contributed by atoms with van der Waals surface area (Å²) in [4.78, 5) is 31.6. The van der Waals surface area contributed by atoms with Crippen LogP contribution in [0, 0.1) is 6.92 Å². The van der Waals surface area contributed by atoms with Gasteiger partial charge in [0.1, 0.15) is 0 Å². The Balaban J connectivity index is 1.61. The molecule has 8 heteroatoms. The van der Waals surface area contributed by atoms with E-state index in [9.17, 15) is 9.59 Å². The fourth-order valence-electron chi connectivity index (χ4n) is 3.22. The number of aryl methyl sites for hydroxylation is 1. The molecule has 5 nitrogen and oxygen atoms in total. The third-order valence-electron chi connectivity index (χ3n) is 4.76. The maximum Gasteiger partial charge on any atom is 0.266 e. The Bertz CT molecular complexity index is 1290. The van der Waals surface area contributed by atoms with E-state index >= 15 is 0 Å². The molecule has 1 amide bonds. The Kier molecular flexibility index (Phi) is 6.75. The molecule has 0 aliphatic rings. The number of rotatable bonds is 7. The van der Waals surface area contributed by atoms with Gasteiger partial charge in [-0.05, 0) is 54.6 Å². The molecular weight excluding hydrogens is 450 g/mol. The highest BCUT2D eigenvalue weighted by atomic mass is 35.5. The molecule has 4 aromatic rings. The second-order valence-electron chi connectivity index (χ2n) is 6.95. The van der Waals surface area contributed by atoms with Crippen LogP contribution in [0.4, 0.5) is 0 Å². The Hall–Kier alpha value is -2.61. The fraction of sp³-hybridized carbons (Fsp3) is 0.174. The number of hydrogen-bond acceptors (Lipinski definition) is 5. The van der Waals surface area contributed by atoms with Crippen molar-refractivity contribution in [1.29, 1.82) is 0 Å². The number of para-hydroxylation sites is 1. The molecule has 0 unspecified atom stereocenters.